The summed E-state index contributed by atoms with van der Waals surface area (Å²) in [5, 5.41) is 4.06. The third kappa shape index (κ3) is 3.91. The van der Waals surface area contributed by atoms with Crippen LogP contribution in [0.25, 0.3) is 0 Å². The molecule has 2 aliphatic rings. The number of aryl methyl sites for hydroxylation is 1. The van der Waals surface area contributed by atoms with Gasteiger partial charge in [0.25, 0.3) is 5.91 Å². The molecule has 138 valence electrons. The van der Waals surface area contributed by atoms with Crippen LogP contribution < -0.4 is 10.2 Å². The van der Waals surface area contributed by atoms with Crippen LogP contribution in [0.4, 0.5) is 11.4 Å². The number of anilines is 2. The average molecular weight is 371 g/mol. The molecule has 1 N–H and O–H groups in total. The molecule has 0 saturated carbocycles. The standard InChI is InChI=1S/C20H26N4OS/c1-15-19(26-18(21-15)14-23-10-2-3-11-23)20(25)22-16-6-8-17(9-7-16)24-12-4-5-13-24/h6-9H,2-5,10-14H2,1H3,(H,22,25). The highest BCUT2D eigenvalue weighted by Gasteiger charge is 2.19. The van der Waals surface area contributed by atoms with Crippen LogP contribution in [0, 0.1) is 6.92 Å². The molecule has 4 rings (SSSR count). The number of thiazole rings is 1. The Balaban J connectivity index is 1.40. The molecule has 2 saturated heterocycles. The van der Waals surface area contributed by atoms with Gasteiger partial charge in [0.15, 0.2) is 0 Å². The summed E-state index contributed by atoms with van der Waals surface area (Å²) < 4.78 is 0. The second kappa shape index (κ2) is 7.76. The molecule has 0 unspecified atom stereocenters. The molecule has 2 fully saturated rings. The Bertz CT molecular complexity index is 759. The maximum absolute atomic E-state index is 12.7. The molecule has 1 amide bonds. The van der Waals surface area contributed by atoms with Crippen LogP contribution in [0.2, 0.25) is 0 Å². The van der Waals surface area contributed by atoms with Gasteiger partial charge in [-0.2, -0.15) is 0 Å². The number of nitrogens with one attached hydrogen (secondary N) is 1. The Morgan fingerprint density at radius 2 is 1.73 bits per heavy atom. The lowest BCUT2D eigenvalue weighted by Gasteiger charge is -2.17. The van der Waals surface area contributed by atoms with Gasteiger partial charge in [-0.25, -0.2) is 4.98 Å². The second-order valence-electron chi connectivity index (χ2n) is 7.20. The molecule has 26 heavy (non-hydrogen) atoms. The summed E-state index contributed by atoms with van der Waals surface area (Å²) in [7, 11) is 0. The van der Waals surface area contributed by atoms with Gasteiger partial charge in [0, 0.05) is 24.5 Å². The molecule has 1 aromatic carbocycles. The summed E-state index contributed by atoms with van der Waals surface area (Å²) >= 11 is 1.52. The first-order valence-corrected chi connectivity index (χ1v) is 10.4. The molecule has 0 aliphatic carbocycles. The fraction of sp³-hybridized carbons (Fsp3) is 0.500. The van der Waals surface area contributed by atoms with E-state index >= 15 is 0 Å². The van der Waals surface area contributed by atoms with E-state index in [1.165, 1.54) is 42.7 Å². The number of carbonyl (C=O) groups excluding carboxylic acids is 1. The van der Waals surface area contributed by atoms with Gasteiger partial charge in [-0.15, -0.1) is 11.3 Å². The lowest BCUT2D eigenvalue weighted by atomic mass is 10.2. The van der Waals surface area contributed by atoms with Gasteiger partial charge in [0.05, 0.1) is 12.2 Å². The summed E-state index contributed by atoms with van der Waals surface area (Å²) in [6, 6.07) is 8.18. The summed E-state index contributed by atoms with van der Waals surface area (Å²) in [6.07, 6.45) is 5.07. The monoisotopic (exact) mass is 370 g/mol. The van der Waals surface area contributed by atoms with E-state index in [9.17, 15) is 4.79 Å². The summed E-state index contributed by atoms with van der Waals surface area (Å²) in [6.45, 7) is 7.34. The minimum absolute atomic E-state index is 0.0541. The molecule has 6 heteroatoms. The van der Waals surface area contributed by atoms with Gasteiger partial charge in [-0.05, 0) is 70.0 Å². The van der Waals surface area contributed by atoms with Crippen molar-refractivity contribution in [2.75, 3.05) is 36.4 Å². The topological polar surface area (TPSA) is 48.5 Å². The third-order valence-electron chi connectivity index (χ3n) is 5.20. The van der Waals surface area contributed by atoms with Crippen molar-refractivity contribution in [3.8, 4) is 0 Å². The van der Waals surface area contributed by atoms with E-state index < -0.39 is 0 Å². The maximum Gasteiger partial charge on any atom is 0.267 e. The number of hydrogen-bond donors (Lipinski definition) is 1. The number of aromatic nitrogens is 1. The van der Waals surface area contributed by atoms with Crippen molar-refractivity contribution in [2.24, 2.45) is 0 Å². The van der Waals surface area contributed by atoms with E-state index in [1.807, 2.05) is 19.1 Å². The number of nitrogens with zero attached hydrogens (tertiary/aromatic N) is 3. The first kappa shape index (κ1) is 17.5. The number of amides is 1. The van der Waals surface area contributed by atoms with E-state index in [0.717, 1.165) is 54.0 Å². The van der Waals surface area contributed by atoms with Crippen LogP contribution in [0.3, 0.4) is 0 Å². The average Bonchev–Trinajstić information content (AvgIpc) is 3.38. The van der Waals surface area contributed by atoms with Crippen LogP contribution in [0.5, 0.6) is 0 Å². The second-order valence-corrected chi connectivity index (χ2v) is 8.28. The highest BCUT2D eigenvalue weighted by Crippen LogP contribution is 2.25. The van der Waals surface area contributed by atoms with Crippen molar-refractivity contribution in [1.82, 2.24) is 9.88 Å². The molecular formula is C20H26N4OS. The van der Waals surface area contributed by atoms with Crippen molar-refractivity contribution in [1.29, 1.82) is 0 Å². The van der Waals surface area contributed by atoms with Crippen LogP contribution in [0.1, 0.15) is 46.1 Å². The van der Waals surface area contributed by atoms with Gasteiger partial charge in [0.2, 0.25) is 0 Å². The number of carbonyl (C=O) groups is 1. The first-order valence-electron chi connectivity index (χ1n) is 9.54. The van der Waals surface area contributed by atoms with Gasteiger partial charge in [-0.1, -0.05) is 0 Å². The SMILES string of the molecule is Cc1nc(CN2CCCC2)sc1C(=O)Nc1ccc(N2CCCC2)cc1. The molecule has 0 bridgehead atoms. The van der Waals surface area contributed by atoms with E-state index in [-0.39, 0.29) is 5.91 Å². The molecular weight excluding hydrogens is 344 g/mol. The molecule has 0 radical (unpaired) electrons. The van der Waals surface area contributed by atoms with Crippen molar-refractivity contribution in [3.63, 3.8) is 0 Å². The predicted molar refractivity (Wildman–Crippen MR) is 107 cm³/mol. The van der Waals surface area contributed by atoms with Crippen LogP contribution >= 0.6 is 11.3 Å². The van der Waals surface area contributed by atoms with Gasteiger partial charge in [-0.3, -0.25) is 9.69 Å². The Labute approximate surface area is 159 Å². The van der Waals surface area contributed by atoms with Crippen molar-refractivity contribution in [3.05, 3.63) is 39.8 Å². The van der Waals surface area contributed by atoms with E-state index in [1.54, 1.807) is 0 Å². The number of benzene rings is 1. The first-order chi connectivity index (χ1) is 12.7. The highest BCUT2D eigenvalue weighted by atomic mass is 32.1. The maximum atomic E-state index is 12.7. The number of hydrogen-bond acceptors (Lipinski definition) is 5. The fourth-order valence-electron chi connectivity index (χ4n) is 3.78. The van der Waals surface area contributed by atoms with Crippen LogP contribution in [0.15, 0.2) is 24.3 Å². The lowest BCUT2D eigenvalue weighted by molar-refractivity contribution is 0.103. The number of rotatable bonds is 5. The zero-order valence-electron chi connectivity index (χ0n) is 15.3. The molecule has 5 nitrogen and oxygen atoms in total. The summed E-state index contributed by atoms with van der Waals surface area (Å²) in [5.74, 6) is -0.0541. The molecule has 1 aromatic heterocycles. The van der Waals surface area contributed by atoms with Crippen molar-refractivity contribution >= 4 is 28.6 Å². The number of likely N-dealkylation sites (tertiary alicyclic amines) is 1. The molecule has 2 aliphatic heterocycles. The largest absolute Gasteiger partial charge is 0.372 e. The Hall–Kier alpha value is -1.92. The highest BCUT2D eigenvalue weighted by molar-refractivity contribution is 7.13. The minimum Gasteiger partial charge on any atom is -0.372 e. The van der Waals surface area contributed by atoms with Crippen molar-refractivity contribution < 1.29 is 4.79 Å². The van der Waals surface area contributed by atoms with E-state index in [2.05, 4.69) is 32.2 Å². The summed E-state index contributed by atoms with van der Waals surface area (Å²) in [4.78, 5) is 22.8. The fourth-order valence-corrected chi connectivity index (χ4v) is 4.78. The predicted octanol–water partition coefficient (Wildman–Crippen LogP) is 3.90. The quantitative estimate of drug-likeness (QED) is 0.867. The minimum atomic E-state index is -0.0541. The lowest BCUT2D eigenvalue weighted by Crippen LogP contribution is -2.18. The van der Waals surface area contributed by atoms with Gasteiger partial charge < -0.3 is 10.2 Å². The van der Waals surface area contributed by atoms with E-state index in [4.69, 9.17) is 0 Å². The smallest absolute Gasteiger partial charge is 0.267 e. The van der Waals surface area contributed by atoms with Gasteiger partial charge >= 0.3 is 0 Å². The molecule has 0 spiro atoms. The van der Waals surface area contributed by atoms with Crippen molar-refractivity contribution in [2.45, 2.75) is 39.2 Å². The Morgan fingerprint density at radius 3 is 2.42 bits per heavy atom. The zero-order chi connectivity index (χ0) is 17.9. The van der Waals surface area contributed by atoms with E-state index in [0.29, 0.717) is 0 Å². The van der Waals surface area contributed by atoms with Gasteiger partial charge in [0.1, 0.15) is 9.88 Å². The van der Waals surface area contributed by atoms with Crippen LogP contribution in [-0.2, 0) is 6.54 Å². The molecule has 2 aromatic rings. The normalized spacial score (nSPS) is 17.8. The molecule has 3 heterocycles. The Kier molecular flexibility index (Phi) is 5.22. The summed E-state index contributed by atoms with van der Waals surface area (Å²) in [5.41, 5.74) is 2.91. The zero-order valence-corrected chi connectivity index (χ0v) is 16.1. The molecule has 0 atom stereocenters. The third-order valence-corrected chi connectivity index (χ3v) is 6.34. The van der Waals surface area contributed by atoms with Crippen LogP contribution in [-0.4, -0.2) is 42.0 Å². The Morgan fingerprint density at radius 1 is 1.08 bits per heavy atom.